The monoisotopic (exact) mass is 331 g/mol. The summed E-state index contributed by atoms with van der Waals surface area (Å²) in [4.78, 5) is 15.5. The molecule has 0 aliphatic carbocycles. The number of hydrogen-bond acceptors (Lipinski definition) is 1. The van der Waals surface area contributed by atoms with E-state index in [2.05, 4.69) is 20.9 Å². The Morgan fingerprint density at radius 1 is 1.15 bits per heavy atom. The van der Waals surface area contributed by atoms with Gasteiger partial charge in [-0.05, 0) is 42.8 Å². The molecule has 3 rings (SSSR count). The highest BCUT2D eigenvalue weighted by molar-refractivity contribution is 9.10. The smallest absolute Gasteiger partial charge is 0.196 e. The van der Waals surface area contributed by atoms with Crippen LogP contribution in [0.25, 0.3) is 10.9 Å². The minimum Gasteiger partial charge on any atom is -0.360 e. The molecule has 0 aliphatic heterocycles. The lowest BCUT2D eigenvalue weighted by molar-refractivity contribution is 0.103. The average Bonchev–Trinajstić information content (AvgIpc) is 2.80. The molecule has 0 bridgehead atoms. The van der Waals surface area contributed by atoms with Crippen LogP contribution in [0.4, 0.5) is 4.39 Å². The van der Waals surface area contributed by atoms with Crippen LogP contribution in [0.2, 0.25) is 0 Å². The standard InChI is InChI=1S/C16H11BrFNO/c1-9-2-4-12(14(17)6-9)16(20)13-8-19-15-7-10(18)3-5-11(13)15/h2-8,19H,1H3. The Labute approximate surface area is 123 Å². The van der Waals surface area contributed by atoms with E-state index in [1.54, 1.807) is 18.3 Å². The lowest BCUT2D eigenvalue weighted by Gasteiger charge is -2.04. The van der Waals surface area contributed by atoms with Crippen molar-refractivity contribution in [1.29, 1.82) is 0 Å². The molecule has 0 aliphatic rings. The topological polar surface area (TPSA) is 32.9 Å². The van der Waals surface area contributed by atoms with Crippen LogP contribution in [0.5, 0.6) is 0 Å². The Morgan fingerprint density at radius 3 is 2.70 bits per heavy atom. The SMILES string of the molecule is Cc1ccc(C(=O)c2c[nH]c3cc(F)ccc23)c(Br)c1. The van der Waals surface area contributed by atoms with Crippen LogP contribution in [-0.4, -0.2) is 10.8 Å². The third-order valence-corrected chi connectivity index (χ3v) is 3.91. The molecule has 1 N–H and O–H groups in total. The summed E-state index contributed by atoms with van der Waals surface area (Å²) in [6.07, 6.45) is 1.62. The van der Waals surface area contributed by atoms with Gasteiger partial charge in [-0.15, -0.1) is 0 Å². The van der Waals surface area contributed by atoms with Crippen molar-refractivity contribution in [3.05, 3.63) is 69.6 Å². The highest BCUT2D eigenvalue weighted by atomic mass is 79.9. The summed E-state index contributed by atoms with van der Waals surface area (Å²) < 4.78 is 13.9. The number of nitrogens with one attached hydrogen (secondary N) is 1. The van der Waals surface area contributed by atoms with Gasteiger partial charge in [0.1, 0.15) is 5.82 Å². The van der Waals surface area contributed by atoms with E-state index in [0.717, 1.165) is 15.4 Å². The van der Waals surface area contributed by atoms with Crippen molar-refractivity contribution >= 4 is 32.6 Å². The van der Waals surface area contributed by atoms with E-state index in [4.69, 9.17) is 0 Å². The summed E-state index contributed by atoms with van der Waals surface area (Å²) in [5.74, 6) is -0.412. The molecule has 0 radical (unpaired) electrons. The summed E-state index contributed by atoms with van der Waals surface area (Å²) in [5, 5.41) is 0.726. The highest BCUT2D eigenvalue weighted by Crippen LogP contribution is 2.26. The zero-order chi connectivity index (χ0) is 14.3. The molecule has 0 saturated carbocycles. The number of H-pyrrole nitrogens is 1. The van der Waals surface area contributed by atoms with Gasteiger partial charge >= 0.3 is 0 Å². The van der Waals surface area contributed by atoms with Gasteiger partial charge in [-0.2, -0.15) is 0 Å². The predicted molar refractivity (Wildman–Crippen MR) is 80.6 cm³/mol. The van der Waals surface area contributed by atoms with Gasteiger partial charge in [0.25, 0.3) is 0 Å². The van der Waals surface area contributed by atoms with E-state index in [1.807, 2.05) is 19.1 Å². The van der Waals surface area contributed by atoms with E-state index in [-0.39, 0.29) is 11.6 Å². The molecule has 1 aromatic heterocycles. The summed E-state index contributed by atoms with van der Waals surface area (Å²) in [5.41, 5.74) is 2.84. The molecule has 0 atom stereocenters. The van der Waals surface area contributed by atoms with Crippen molar-refractivity contribution in [2.75, 3.05) is 0 Å². The number of aryl methyl sites for hydroxylation is 1. The number of rotatable bonds is 2. The lowest BCUT2D eigenvalue weighted by atomic mass is 10.0. The fourth-order valence-corrected chi connectivity index (χ4v) is 2.91. The molecule has 0 amide bonds. The predicted octanol–water partition coefficient (Wildman–Crippen LogP) is 4.61. The lowest BCUT2D eigenvalue weighted by Crippen LogP contribution is -2.01. The first-order valence-corrected chi connectivity index (χ1v) is 6.93. The molecule has 0 unspecified atom stereocenters. The average molecular weight is 332 g/mol. The van der Waals surface area contributed by atoms with Gasteiger partial charge in [0.2, 0.25) is 0 Å². The van der Waals surface area contributed by atoms with Crippen LogP contribution in [0, 0.1) is 12.7 Å². The molecule has 20 heavy (non-hydrogen) atoms. The summed E-state index contributed by atoms with van der Waals surface area (Å²) in [6.45, 7) is 1.97. The zero-order valence-corrected chi connectivity index (χ0v) is 12.3. The molecule has 3 aromatic rings. The van der Waals surface area contributed by atoms with Crippen LogP contribution in [0.1, 0.15) is 21.5 Å². The van der Waals surface area contributed by atoms with Gasteiger partial charge < -0.3 is 4.98 Å². The minimum atomic E-state index is -0.324. The van der Waals surface area contributed by atoms with E-state index in [1.165, 1.54) is 12.1 Å². The van der Waals surface area contributed by atoms with E-state index < -0.39 is 0 Å². The van der Waals surface area contributed by atoms with Gasteiger partial charge in [0.15, 0.2) is 5.78 Å². The van der Waals surface area contributed by atoms with E-state index >= 15 is 0 Å². The molecule has 100 valence electrons. The number of ketones is 1. The Morgan fingerprint density at radius 2 is 1.95 bits per heavy atom. The van der Waals surface area contributed by atoms with Crippen molar-refractivity contribution in [3.8, 4) is 0 Å². The van der Waals surface area contributed by atoms with Crippen molar-refractivity contribution < 1.29 is 9.18 Å². The molecule has 0 saturated heterocycles. The van der Waals surface area contributed by atoms with Crippen LogP contribution in [-0.2, 0) is 0 Å². The highest BCUT2D eigenvalue weighted by Gasteiger charge is 2.16. The van der Waals surface area contributed by atoms with Gasteiger partial charge in [0.05, 0.1) is 0 Å². The number of hydrogen-bond donors (Lipinski definition) is 1. The number of carbonyl (C=O) groups is 1. The Bertz CT molecular complexity index is 822. The Balaban J connectivity index is 2.13. The third kappa shape index (κ3) is 2.16. The van der Waals surface area contributed by atoms with Crippen molar-refractivity contribution in [3.63, 3.8) is 0 Å². The van der Waals surface area contributed by atoms with Crippen molar-refractivity contribution in [1.82, 2.24) is 4.98 Å². The minimum absolute atomic E-state index is 0.0882. The van der Waals surface area contributed by atoms with E-state index in [0.29, 0.717) is 16.6 Å². The molecule has 1 heterocycles. The molecule has 0 fully saturated rings. The first-order chi connectivity index (χ1) is 9.56. The number of aromatic amines is 1. The number of benzene rings is 2. The Kier molecular flexibility index (Phi) is 3.18. The van der Waals surface area contributed by atoms with Crippen LogP contribution >= 0.6 is 15.9 Å². The molecular weight excluding hydrogens is 321 g/mol. The fourth-order valence-electron chi connectivity index (χ4n) is 2.24. The quantitative estimate of drug-likeness (QED) is 0.683. The first kappa shape index (κ1) is 13.1. The maximum atomic E-state index is 13.2. The zero-order valence-electron chi connectivity index (χ0n) is 10.7. The second-order valence-electron chi connectivity index (χ2n) is 4.70. The molecule has 2 nitrogen and oxygen atoms in total. The summed E-state index contributed by atoms with van der Waals surface area (Å²) >= 11 is 3.42. The van der Waals surface area contributed by atoms with Gasteiger partial charge in [-0.1, -0.05) is 22.0 Å². The normalized spacial score (nSPS) is 10.9. The second kappa shape index (κ2) is 4.87. The molecule has 4 heteroatoms. The summed E-state index contributed by atoms with van der Waals surface area (Å²) in [7, 11) is 0. The first-order valence-electron chi connectivity index (χ1n) is 6.14. The molecule has 0 spiro atoms. The maximum Gasteiger partial charge on any atom is 0.196 e. The molecular formula is C16H11BrFNO. The van der Waals surface area contributed by atoms with E-state index in [9.17, 15) is 9.18 Å². The van der Waals surface area contributed by atoms with Crippen LogP contribution in [0.15, 0.2) is 47.1 Å². The van der Waals surface area contributed by atoms with Gasteiger partial charge in [-0.25, -0.2) is 4.39 Å². The van der Waals surface area contributed by atoms with Gasteiger partial charge in [-0.3, -0.25) is 4.79 Å². The second-order valence-corrected chi connectivity index (χ2v) is 5.56. The number of aromatic nitrogens is 1. The third-order valence-electron chi connectivity index (χ3n) is 3.26. The fraction of sp³-hybridized carbons (Fsp3) is 0.0625. The van der Waals surface area contributed by atoms with Crippen LogP contribution in [0.3, 0.4) is 0 Å². The summed E-state index contributed by atoms with van der Waals surface area (Å²) in [6, 6.07) is 9.96. The number of carbonyl (C=O) groups excluding carboxylic acids is 1. The van der Waals surface area contributed by atoms with Crippen molar-refractivity contribution in [2.24, 2.45) is 0 Å². The number of halogens is 2. The molecule has 2 aromatic carbocycles. The van der Waals surface area contributed by atoms with Gasteiger partial charge in [0, 0.05) is 32.7 Å². The Hall–Kier alpha value is -1.94. The number of fused-ring (bicyclic) bond motifs is 1. The maximum absolute atomic E-state index is 13.2. The van der Waals surface area contributed by atoms with Crippen LogP contribution < -0.4 is 0 Å². The largest absolute Gasteiger partial charge is 0.360 e. The van der Waals surface area contributed by atoms with Crippen molar-refractivity contribution in [2.45, 2.75) is 6.92 Å².